The summed E-state index contributed by atoms with van der Waals surface area (Å²) in [6.07, 6.45) is 10.2. The average Bonchev–Trinajstić information content (AvgIpc) is 3.19. The maximum Gasteiger partial charge on any atom is 0.142 e. The molecular weight excluding hydrogens is 723 g/mol. The summed E-state index contributed by atoms with van der Waals surface area (Å²) < 4.78 is 23.9. The number of rotatable bonds is 17. The normalized spacial score (nSPS) is 11.0. The van der Waals surface area contributed by atoms with E-state index in [1.165, 1.54) is 12.7 Å². The molecule has 0 spiro atoms. The van der Waals surface area contributed by atoms with Crippen LogP contribution in [-0.2, 0) is 39.4 Å². The number of hydrogen-bond acceptors (Lipinski definition) is 10. The van der Waals surface area contributed by atoms with E-state index in [2.05, 4.69) is 80.8 Å². The first-order chi connectivity index (χ1) is 26.3. The van der Waals surface area contributed by atoms with E-state index in [4.69, 9.17) is 42.1 Å². The van der Waals surface area contributed by atoms with Crippen molar-refractivity contribution in [3.05, 3.63) is 153 Å². The summed E-state index contributed by atoms with van der Waals surface area (Å²) >= 11 is 13.4. The van der Waals surface area contributed by atoms with E-state index >= 15 is 0 Å². The largest absolute Gasteiger partial charge is 0.496 e. The highest BCUT2D eigenvalue weighted by Crippen LogP contribution is 2.36. The van der Waals surface area contributed by atoms with Crippen LogP contribution in [0.4, 0.5) is 0 Å². The standard InChI is InChI=1S/C42H42Cl2N6O4/c1-27-31(23-53-41-13-39(51-3)33(11-37(41)43)21-45-15-29-17-47-25-48-18-29)7-5-9-35(27)36-10-6-8-32(28(36)2)24-54-42-14-40(52-4)34(12-38(42)44)22-46-16-30-19-49-26-50-20-30/h5-14,17-20,25-26,45-46H,15-16,21-24H2,1-4H3. The van der Waals surface area contributed by atoms with Crippen molar-refractivity contribution in [2.45, 2.75) is 53.2 Å². The lowest BCUT2D eigenvalue weighted by atomic mass is 9.92. The Balaban J connectivity index is 1.11. The molecule has 2 aromatic heterocycles. The fraction of sp³-hybridized carbons (Fsp3) is 0.238. The van der Waals surface area contributed by atoms with Crippen LogP contribution in [0.5, 0.6) is 23.0 Å². The summed E-state index contributed by atoms with van der Waals surface area (Å²) in [7, 11) is 3.28. The fourth-order valence-corrected chi connectivity index (χ4v) is 6.61. The number of benzene rings is 4. The zero-order valence-corrected chi connectivity index (χ0v) is 32.2. The molecule has 0 fully saturated rings. The first-order valence-electron chi connectivity index (χ1n) is 17.4. The van der Waals surface area contributed by atoms with Gasteiger partial charge in [-0.15, -0.1) is 0 Å². The molecular formula is C42H42Cl2N6O4. The van der Waals surface area contributed by atoms with Gasteiger partial charge >= 0.3 is 0 Å². The van der Waals surface area contributed by atoms with Crippen LogP contribution in [0, 0.1) is 13.8 Å². The Labute approximate surface area is 325 Å². The van der Waals surface area contributed by atoms with Gasteiger partial charge in [0.2, 0.25) is 0 Å². The summed E-state index contributed by atoms with van der Waals surface area (Å²) in [5.41, 5.74) is 10.4. The van der Waals surface area contributed by atoms with Crippen molar-refractivity contribution in [2.75, 3.05) is 14.2 Å². The maximum atomic E-state index is 6.71. The highest BCUT2D eigenvalue weighted by Gasteiger charge is 2.16. The molecule has 0 aliphatic carbocycles. The lowest BCUT2D eigenvalue weighted by molar-refractivity contribution is 0.302. The van der Waals surface area contributed by atoms with Crippen molar-refractivity contribution in [3.63, 3.8) is 0 Å². The van der Waals surface area contributed by atoms with Crippen LogP contribution in [0.3, 0.4) is 0 Å². The van der Waals surface area contributed by atoms with E-state index in [0.717, 1.165) is 55.6 Å². The summed E-state index contributed by atoms with van der Waals surface area (Å²) in [6, 6.07) is 19.9. The Hall–Kier alpha value is -5.26. The molecule has 0 radical (unpaired) electrons. The predicted octanol–water partition coefficient (Wildman–Crippen LogP) is 8.61. The monoisotopic (exact) mass is 764 g/mol. The summed E-state index contributed by atoms with van der Waals surface area (Å²) in [5, 5.41) is 7.79. The van der Waals surface area contributed by atoms with Crippen molar-refractivity contribution in [2.24, 2.45) is 0 Å². The van der Waals surface area contributed by atoms with Crippen molar-refractivity contribution < 1.29 is 18.9 Å². The molecule has 6 aromatic rings. The first kappa shape index (κ1) is 38.5. The summed E-state index contributed by atoms with van der Waals surface area (Å²) in [5.74, 6) is 2.48. The molecule has 10 nitrogen and oxygen atoms in total. The van der Waals surface area contributed by atoms with Gasteiger partial charge in [-0.05, 0) is 59.4 Å². The maximum absolute atomic E-state index is 6.71. The smallest absolute Gasteiger partial charge is 0.142 e. The van der Waals surface area contributed by atoms with Crippen molar-refractivity contribution >= 4 is 23.2 Å². The third-order valence-electron chi connectivity index (χ3n) is 9.14. The predicted molar refractivity (Wildman–Crippen MR) is 211 cm³/mol. The van der Waals surface area contributed by atoms with Crippen LogP contribution in [0.1, 0.15) is 44.5 Å². The Morgan fingerprint density at radius 1 is 0.519 bits per heavy atom. The molecule has 0 bridgehead atoms. The molecule has 2 heterocycles. The average molecular weight is 766 g/mol. The van der Waals surface area contributed by atoms with Gasteiger partial charge in [-0.25, -0.2) is 19.9 Å². The minimum Gasteiger partial charge on any atom is -0.496 e. The molecule has 0 aliphatic heterocycles. The van der Waals surface area contributed by atoms with Gasteiger partial charge in [-0.2, -0.15) is 0 Å². The quantitative estimate of drug-likeness (QED) is 0.0937. The molecule has 0 amide bonds. The highest BCUT2D eigenvalue weighted by molar-refractivity contribution is 6.32. The zero-order chi connectivity index (χ0) is 37.9. The second-order valence-corrected chi connectivity index (χ2v) is 13.5. The lowest BCUT2D eigenvalue weighted by Gasteiger charge is -2.18. The van der Waals surface area contributed by atoms with Crippen LogP contribution >= 0.6 is 23.2 Å². The van der Waals surface area contributed by atoms with Crippen molar-refractivity contribution in [1.82, 2.24) is 30.6 Å². The van der Waals surface area contributed by atoms with Gasteiger partial charge in [0.15, 0.2) is 0 Å². The topological polar surface area (TPSA) is 113 Å². The molecule has 4 aromatic carbocycles. The van der Waals surface area contributed by atoms with Crippen molar-refractivity contribution in [1.29, 1.82) is 0 Å². The number of hydrogen-bond donors (Lipinski definition) is 2. The minimum absolute atomic E-state index is 0.336. The van der Waals surface area contributed by atoms with E-state index < -0.39 is 0 Å². The first-order valence-corrected chi connectivity index (χ1v) is 18.1. The van der Waals surface area contributed by atoms with Crippen LogP contribution in [0.25, 0.3) is 11.1 Å². The van der Waals surface area contributed by atoms with Gasteiger partial charge in [-0.1, -0.05) is 59.6 Å². The van der Waals surface area contributed by atoms with Gasteiger partial charge in [0, 0.05) is 85.4 Å². The third-order valence-corrected chi connectivity index (χ3v) is 9.73. The van der Waals surface area contributed by atoms with Crippen LogP contribution < -0.4 is 29.6 Å². The van der Waals surface area contributed by atoms with Gasteiger partial charge in [0.1, 0.15) is 48.9 Å². The van der Waals surface area contributed by atoms with E-state index in [9.17, 15) is 0 Å². The van der Waals surface area contributed by atoms with E-state index in [1.807, 2.05) is 24.3 Å². The molecule has 0 saturated heterocycles. The van der Waals surface area contributed by atoms with E-state index in [0.29, 0.717) is 72.4 Å². The van der Waals surface area contributed by atoms with Crippen LogP contribution in [-0.4, -0.2) is 34.2 Å². The summed E-state index contributed by atoms with van der Waals surface area (Å²) in [6.45, 7) is 7.25. The molecule has 0 unspecified atom stereocenters. The van der Waals surface area contributed by atoms with Crippen LogP contribution in [0.15, 0.2) is 98.1 Å². The fourth-order valence-electron chi connectivity index (χ4n) is 6.13. The second kappa shape index (κ2) is 18.7. The Morgan fingerprint density at radius 2 is 0.926 bits per heavy atom. The van der Waals surface area contributed by atoms with E-state index in [1.54, 1.807) is 39.0 Å². The Morgan fingerprint density at radius 3 is 1.31 bits per heavy atom. The lowest BCUT2D eigenvalue weighted by Crippen LogP contribution is -2.14. The number of halogens is 2. The van der Waals surface area contributed by atoms with Crippen molar-refractivity contribution in [3.8, 4) is 34.1 Å². The Bertz CT molecular complexity index is 2020. The van der Waals surface area contributed by atoms with Crippen LogP contribution in [0.2, 0.25) is 10.0 Å². The van der Waals surface area contributed by atoms with Gasteiger partial charge < -0.3 is 29.6 Å². The molecule has 278 valence electrons. The molecule has 0 atom stereocenters. The summed E-state index contributed by atoms with van der Waals surface area (Å²) in [4.78, 5) is 16.2. The number of ether oxygens (including phenoxy) is 4. The zero-order valence-electron chi connectivity index (χ0n) is 30.7. The molecule has 12 heteroatoms. The number of nitrogens with zero attached hydrogens (tertiary/aromatic N) is 4. The number of nitrogens with one attached hydrogen (secondary N) is 2. The van der Waals surface area contributed by atoms with Gasteiger partial charge in [-0.3, -0.25) is 0 Å². The SMILES string of the molecule is COc1cc(OCc2cccc(-c3cccc(COc4cc(OC)c(CNCc5cncnc5)cc4Cl)c3C)c2C)c(Cl)cc1CNCc1cncnc1. The van der Waals surface area contributed by atoms with E-state index in [-0.39, 0.29) is 0 Å². The third kappa shape index (κ3) is 9.64. The molecule has 0 aliphatic rings. The molecule has 2 N–H and O–H groups in total. The molecule has 54 heavy (non-hydrogen) atoms. The second-order valence-electron chi connectivity index (χ2n) is 12.6. The van der Waals surface area contributed by atoms with Gasteiger partial charge in [0.25, 0.3) is 0 Å². The molecule has 6 rings (SSSR count). The van der Waals surface area contributed by atoms with Gasteiger partial charge in [0.05, 0.1) is 24.3 Å². The Kier molecular flexibility index (Phi) is 13.3. The number of methoxy groups -OCH3 is 2. The highest BCUT2D eigenvalue weighted by atomic mass is 35.5. The minimum atomic E-state index is 0.336. The number of aromatic nitrogens is 4. The molecule has 0 saturated carbocycles.